The number of thioether (sulfide) groups is 1. The molecule has 1 saturated carbocycles. The zero-order valence-corrected chi connectivity index (χ0v) is 14.9. The Hall–Kier alpha value is -2.27. The minimum Gasteiger partial charge on any atom is -0.353 e. The van der Waals surface area contributed by atoms with Gasteiger partial charge in [-0.25, -0.2) is 0 Å². The highest BCUT2D eigenvalue weighted by molar-refractivity contribution is 7.99. The van der Waals surface area contributed by atoms with Crippen molar-refractivity contribution >= 4 is 29.3 Å². The van der Waals surface area contributed by atoms with Gasteiger partial charge < -0.3 is 10.6 Å². The summed E-state index contributed by atoms with van der Waals surface area (Å²) in [5.41, 5.74) is 1.72. The molecule has 0 radical (unpaired) electrons. The molecule has 130 valence electrons. The van der Waals surface area contributed by atoms with Gasteiger partial charge in [-0.15, -0.1) is 11.8 Å². The number of nitrogens with one attached hydrogen (secondary N) is 2. The highest BCUT2D eigenvalue weighted by Gasteiger charge is 2.22. The van der Waals surface area contributed by atoms with Gasteiger partial charge in [0.15, 0.2) is 0 Å². The first-order chi connectivity index (χ1) is 12.2. The third kappa shape index (κ3) is 6.27. The summed E-state index contributed by atoms with van der Waals surface area (Å²) >= 11 is 1.67. The van der Waals surface area contributed by atoms with Crippen LogP contribution in [0.1, 0.15) is 24.8 Å². The molecule has 1 fully saturated rings. The van der Waals surface area contributed by atoms with Crippen LogP contribution in [0.3, 0.4) is 0 Å². The van der Waals surface area contributed by atoms with Gasteiger partial charge in [-0.3, -0.25) is 9.59 Å². The Bertz CT molecular complexity index is 712. The van der Waals surface area contributed by atoms with Gasteiger partial charge in [0, 0.05) is 28.8 Å². The average molecular weight is 354 g/mol. The molecule has 2 N–H and O–H groups in total. The fourth-order valence-electron chi connectivity index (χ4n) is 2.40. The van der Waals surface area contributed by atoms with Crippen molar-refractivity contribution in [1.29, 1.82) is 0 Å². The molecule has 0 bridgehead atoms. The molecule has 5 heteroatoms. The molecule has 25 heavy (non-hydrogen) atoms. The van der Waals surface area contributed by atoms with Crippen molar-refractivity contribution in [2.24, 2.45) is 0 Å². The highest BCUT2D eigenvalue weighted by atomic mass is 32.2. The minimum absolute atomic E-state index is 0.00246. The van der Waals surface area contributed by atoms with E-state index in [9.17, 15) is 9.59 Å². The average Bonchev–Trinajstić information content (AvgIpc) is 3.41. The van der Waals surface area contributed by atoms with Crippen LogP contribution in [0.25, 0.3) is 0 Å². The molecule has 0 aromatic heterocycles. The lowest BCUT2D eigenvalue weighted by Gasteiger charge is -2.07. The van der Waals surface area contributed by atoms with Crippen molar-refractivity contribution in [1.82, 2.24) is 5.32 Å². The largest absolute Gasteiger partial charge is 0.353 e. The summed E-state index contributed by atoms with van der Waals surface area (Å²) in [4.78, 5) is 25.0. The maximum absolute atomic E-state index is 12.0. The van der Waals surface area contributed by atoms with E-state index in [-0.39, 0.29) is 11.8 Å². The lowest BCUT2D eigenvalue weighted by molar-refractivity contribution is -0.120. The predicted octanol–water partition coefficient (Wildman–Crippen LogP) is 3.63. The van der Waals surface area contributed by atoms with E-state index >= 15 is 0 Å². The number of rotatable bonds is 8. The second-order valence-corrected chi connectivity index (χ2v) is 7.34. The predicted molar refractivity (Wildman–Crippen MR) is 102 cm³/mol. The molecule has 4 nitrogen and oxygen atoms in total. The lowest BCUT2D eigenvalue weighted by Crippen LogP contribution is -2.26. The molecule has 2 aromatic carbocycles. The maximum Gasteiger partial charge on any atom is 0.225 e. The molecule has 2 amide bonds. The Labute approximate surface area is 152 Å². The van der Waals surface area contributed by atoms with Gasteiger partial charge in [0.2, 0.25) is 11.8 Å². The van der Waals surface area contributed by atoms with Crippen LogP contribution in [0.5, 0.6) is 0 Å². The normalized spacial score (nSPS) is 13.3. The van der Waals surface area contributed by atoms with Crippen molar-refractivity contribution in [3.8, 4) is 0 Å². The SMILES string of the molecule is O=C(CCSc1ccccc1)Nc1ccc(CC(=O)NC2CC2)cc1. The third-order valence-electron chi connectivity index (χ3n) is 3.89. The van der Waals surface area contributed by atoms with Crippen molar-refractivity contribution in [2.75, 3.05) is 11.1 Å². The summed E-state index contributed by atoms with van der Waals surface area (Å²) in [5, 5.41) is 5.87. The molecule has 0 atom stereocenters. The zero-order chi connectivity index (χ0) is 17.5. The molecule has 0 aliphatic heterocycles. The maximum atomic E-state index is 12.0. The molecule has 0 unspecified atom stereocenters. The van der Waals surface area contributed by atoms with E-state index < -0.39 is 0 Å². The van der Waals surface area contributed by atoms with E-state index in [1.165, 1.54) is 4.90 Å². The first-order valence-corrected chi connectivity index (χ1v) is 9.53. The lowest BCUT2D eigenvalue weighted by atomic mass is 10.1. The number of hydrogen-bond donors (Lipinski definition) is 2. The Morgan fingerprint density at radius 1 is 0.960 bits per heavy atom. The Kier molecular flexibility index (Phi) is 6.12. The summed E-state index contributed by atoms with van der Waals surface area (Å²) in [6, 6.07) is 17.9. The van der Waals surface area contributed by atoms with Crippen LogP contribution < -0.4 is 10.6 Å². The van der Waals surface area contributed by atoms with Gasteiger partial charge >= 0.3 is 0 Å². The highest BCUT2D eigenvalue weighted by Crippen LogP contribution is 2.19. The van der Waals surface area contributed by atoms with Crippen LogP contribution in [0.2, 0.25) is 0 Å². The number of amides is 2. The van der Waals surface area contributed by atoms with Gasteiger partial charge in [0.25, 0.3) is 0 Å². The summed E-state index contributed by atoms with van der Waals surface area (Å²) in [5.74, 6) is 0.815. The van der Waals surface area contributed by atoms with Crippen LogP contribution in [-0.4, -0.2) is 23.6 Å². The van der Waals surface area contributed by atoms with E-state index in [2.05, 4.69) is 10.6 Å². The molecule has 1 aliphatic carbocycles. The molecule has 0 spiro atoms. The van der Waals surface area contributed by atoms with Gasteiger partial charge in [0.1, 0.15) is 0 Å². The van der Waals surface area contributed by atoms with Gasteiger partial charge in [-0.2, -0.15) is 0 Å². The summed E-state index contributed by atoms with van der Waals surface area (Å²) in [6.45, 7) is 0. The van der Waals surface area contributed by atoms with E-state index in [0.29, 0.717) is 18.9 Å². The van der Waals surface area contributed by atoms with Crippen molar-refractivity contribution < 1.29 is 9.59 Å². The van der Waals surface area contributed by atoms with Crippen LogP contribution in [-0.2, 0) is 16.0 Å². The molecule has 2 aromatic rings. The Morgan fingerprint density at radius 3 is 2.36 bits per heavy atom. The Morgan fingerprint density at radius 2 is 1.68 bits per heavy atom. The van der Waals surface area contributed by atoms with Crippen LogP contribution in [0.15, 0.2) is 59.5 Å². The fourth-order valence-corrected chi connectivity index (χ4v) is 3.27. The number of carbonyl (C=O) groups is 2. The van der Waals surface area contributed by atoms with E-state index in [1.807, 2.05) is 54.6 Å². The van der Waals surface area contributed by atoms with Gasteiger partial charge in [0.05, 0.1) is 6.42 Å². The van der Waals surface area contributed by atoms with Crippen molar-refractivity contribution in [3.05, 3.63) is 60.2 Å². The second-order valence-electron chi connectivity index (χ2n) is 6.18. The van der Waals surface area contributed by atoms with E-state index in [0.717, 1.165) is 29.8 Å². The Balaban J connectivity index is 1.39. The topological polar surface area (TPSA) is 58.2 Å². The van der Waals surface area contributed by atoms with Crippen molar-refractivity contribution in [3.63, 3.8) is 0 Å². The number of hydrogen-bond acceptors (Lipinski definition) is 3. The monoisotopic (exact) mass is 354 g/mol. The van der Waals surface area contributed by atoms with E-state index in [1.54, 1.807) is 11.8 Å². The van der Waals surface area contributed by atoms with Crippen molar-refractivity contribution in [2.45, 2.75) is 36.6 Å². The van der Waals surface area contributed by atoms with Gasteiger partial charge in [-0.05, 0) is 42.7 Å². The van der Waals surface area contributed by atoms with Crippen LogP contribution >= 0.6 is 11.8 Å². The summed E-state index contributed by atoms with van der Waals surface area (Å²) in [7, 11) is 0. The zero-order valence-electron chi connectivity index (χ0n) is 14.0. The smallest absolute Gasteiger partial charge is 0.225 e. The van der Waals surface area contributed by atoms with Crippen LogP contribution in [0.4, 0.5) is 5.69 Å². The molecular formula is C20H22N2O2S. The number of carbonyl (C=O) groups excluding carboxylic acids is 2. The first kappa shape index (κ1) is 17.5. The molecule has 0 saturated heterocycles. The van der Waals surface area contributed by atoms with Gasteiger partial charge in [-0.1, -0.05) is 30.3 Å². The second kappa shape index (κ2) is 8.72. The third-order valence-corrected chi connectivity index (χ3v) is 4.90. The number of anilines is 1. The molecule has 0 heterocycles. The summed E-state index contributed by atoms with van der Waals surface area (Å²) < 4.78 is 0. The quantitative estimate of drug-likeness (QED) is 0.712. The first-order valence-electron chi connectivity index (χ1n) is 8.55. The fraction of sp³-hybridized carbons (Fsp3) is 0.300. The van der Waals surface area contributed by atoms with E-state index in [4.69, 9.17) is 0 Å². The summed E-state index contributed by atoms with van der Waals surface area (Å²) in [6.07, 6.45) is 3.04. The standard InChI is InChI=1S/C20H22N2O2S/c23-19(12-13-25-18-4-2-1-3-5-18)21-16-8-6-15(7-9-16)14-20(24)22-17-10-11-17/h1-9,17H,10-14H2,(H,21,23)(H,22,24). The van der Waals surface area contributed by atoms with Crippen LogP contribution in [0, 0.1) is 0 Å². The molecule has 3 rings (SSSR count). The number of benzene rings is 2. The molecule has 1 aliphatic rings. The minimum atomic E-state index is 0.00246. The molecular weight excluding hydrogens is 332 g/mol.